The molecule has 0 spiro atoms. The van der Waals surface area contributed by atoms with Crippen molar-refractivity contribution in [3.05, 3.63) is 11.6 Å². The van der Waals surface area contributed by atoms with Crippen LogP contribution in [-0.2, 0) is 13.6 Å². The molecule has 0 bridgehead atoms. The summed E-state index contributed by atoms with van der Waals surface area (Å²) < 4.78 is 12.7. The Morgan fingerprint density at radius 2 is 1.68 bits per heavy atom. The van der Waals surface area contributed by atoms with Crippen LogP contribution < -0.4 is 0 Å². The van der Waals surface area contributed by atoms with Crippen LogP contribution in [0.25, 0.3) is 0 Å². The van der Waals surface area contributed by atoms with E-state index in [1.165, 1.54) is 6.42 Å². The Balaban J connectivity index is 3.42. The fourth-order valence-corrected chi connectivity index (χ4v) is 6.35. The van der Waals surface area contributed by atoms with Gasteiger partial charge < -0.3 is 14.0 Å². The molecule has 0 amide bonds. The summed E-state index contributed by atoms with van der Waals surface area (Å²) in [5.74, 6) is -1.26. The molecule has 0 aromatic heterocycles. The highest BCUT2D eigenvalue weighted by molar-refractivity contribution is 6.26. The zero-order valence-electron chi connectivity index (χ0n) is 14.8. The summed E-state index contributed by atoms with van der Waals surface area (Å²) in [6, 6.07) is 0. The first-order chi connectivity index (χ1) is 10.3. The smallest absolute Gasteiger partial charge is 0.330 e. The van der Waals surface area contributed by atoms with Crippen LogP contribution in [0.1, 0.15) is 52.9 Å². The number of carboxylic acid groups (broad SMARTS) is 1. The molecule has 22 heavy (non-hydrogen) atoms. The molecule has 0 saturated heterocycles. The maximum atomic E-state index is 11.4. The van der Waals surface area contributed by atoms with Gasteiger partial charge in [0.15, 0.2) is 25.3 Å². The first-order valence-electron chi connectivity index (χ1n) is 8.56. The number of carboxylic acids is 1. The van der Waals surface area contributed by atoms with Crippen molar-refractivity contribution in [1.29, 1.82) is 0 Å². The maximum Gasteiger partial charge on any atom is 0.330 e. The molecule has 6 heteroatoms. The molecule has 0 heterocycles. The van der Waals surface area contributed by atoms with Gasteiger partial charge in [-0.2, -0.15) is 0 Å². The van der Waals surface area contributed by atoms with Crippen LogP contribution in [0.2, 0.25) is 13.1 Å². The quantitative estimate of drug-likeness (QED) is 0.418. The van der Waals surface area contributed by atoms with E-state index in [9.17, 15) is 9.90 Å². The number of carbonyl (C=O) groups is 1. The summed E-state index contributed by atoms with van der Waals surface area (Å²) in [4.78, 5) is 11.4. The number of aliphatic carboxylic acids is 1. The van der Waals surface area contributed by atoms with Gasteiger partial charge in [0.25, 0.3) is 0 Å². The van der Waals surface area contributed by atoms with Crippen LogP contribution in [0.4, 0.5) is 0 Å². The minimum atomic E-state index is -0.843. The predicted molar refractivity (Wildman–Crippen MR) is 95.5 cm³/mol. The molecule has 4 nitrogen and oxygen atoms in total. The number of rotatable bonds is 8. The van der Waals surface area contributed by atoms with Gasteiger partial charge in [0.1, 0.15) is 0 Å². The topological polar surface area (TPSA) is 55.8 Å². The molecule has 1 aliphatic carbocycles. The lowest BCUT2D eigenvalue weighted by molar-refractivity contribution is -0.225. The molecule has 1 aliphatic rings. The lowest BCUT2D eigenvalue weighted by Crippen LogP contribution is -2.57. The molecule has 1 saturated carbocycles. The van der Waals surface area contributed by atoms with Crippen LogP contribution in [0, 0.1) is 11.3 Å². The van der Waals surface area contributed by atoms with Crippen molar-refractivity contribution in [2.45, 2.75) is 71.8 Å². The van der Waals surface area contributed by atoms with Gasteiger partial charge in [0.05, 0.1) is 0 Å². The third kappa shape index (κ3) is 3.90. The molecular formula is C16H32O4Si2. The Hall–Kier alpha value is -0.436. The van der Waals surface area contributed by atoms with Crippen molar-refractivity contribution in [1.82, 2.24) is 0 Å². The first-order valence-corrected chi connectivity index (χ1v) is 12.5. The molecule has 0 atom stereocenters. The van der Waals surface area contributed by atoms with E-state index in [1.807, 2.05) is 6.08 Å². The second-order valence-electron chi connectivity index (χ2n) is 6.54. The summed E-state index contributed by atoms with van der Waals surface area (Å²) in [6.45, 7) is 10.2. The van der Waals surface area contributed by atoms with E-state index in [0.717, 1.165) is 25.7 Å². The van der Waals surface area contributed by atoms with Gasteiger partial charge in [-0.3, -0.25) is 0 Å². The lowest BCUT2D eigenvalue weighted by atomic mass is 9.64. The molecule has 1 N–H and O–H groups in total. The van der Waals surface area contributed by atoms with Crippen molar-refractivity contribution >= 4 is 25.5 Å². The van der Waals surface area contributed by atoms with Crippen LogP contribution >= 0.6 is 0 Å². The fourth-order valence-electron chi connectivity index (χ4n) is 3.92. The van der Waals surface area contributed by atoms with E-state index in [0.29, 0.717) is 5.57 Å². The largest absolute Gasteiger partial charge is 0.478 e. The predicted octanol–water partition coefficient (Wildman–Crippen LogP) is 2.62. The SMILES string of the molecule is C[SiH2]OC(O[SiH2]C)(C(C)C)C1(C=C(C)C(=O)O)CCCCC1. The maximum absolute atomic E-state index is 11.4. The molecule has 1 fully saturated rings. The van der Waals surface area contributed by atoms with Crippen LogP contribution in [0.15, 0.2) is 11.6 Å². The summed E-state index contributed by atoms with van der Waals surface area (Å²) >= 11 is 0. The van der Waals surface area contributed by atoms with Gasteiger partial charge >= 0.3 is 5.97 Å². The molecule has 0 aromatic rings. The molecule has 1 rings (SSSR count). The standard InChI is InChI=1S/C16H32O4Si2/c1-12(2)16(19-21-4,20-22-5)15(9-7-6-8-10-15)11-13(3)14(17)18/h11-12H,6-10,21-22H2,1-5H3,(H,17,18). The summed E-state index contributed by atoms with van der Waals surface area (Å²) in [5, 5.41) is 9.36. The minimum absolute atomic E-state index is 0.211. The van der Waals surface area contributed by atoms with Crippen LogP contribution in [-0.4, -0.2) is 36.4 Å². The second kappa shape index (κ2) is 8.43. The summed E-state index contributed by atoms with van der Waals surface area (Å²) in [6.07, 6.45) is 7.31. The van der Waals surface area contributed by atoms with E-state index in [1.54, 1.807) is 6.92 Å². The van der Waals surface area contributed by atoms with Crippen molar-refractivity contribution in [3.8, 4) is 0 Å². The molecule has 0 aromatic carbocycles. The first kappa shape index (κ1) is 19.6. The lowest BCUT2D eigenvalue weighted by Gasteiger charge is -2.53. The molecular weight excluding hydrogens is 312 g/mol. The van der Waals surface area contributed by atoms with Crippen molar-refractivity contribution < 1.29 is 18.8 Å². The van der Waals surface area contributed by atoms with Gasteiger partial charge in [-0.15, -0.1) is 0 Å². The highest BCUT2D eigenvalue weighted by atomic mass is 28.2. The monoisotopic (exact) mass is 344 g/mol. The van der Waals surface area contributed by atoms with Gasteiger partial charge in [0, 0.05) is 16.9 Å². The van der Waals surface area contributed by atoms with E-state index in [-0.39, 0.29) is 11.3 Å². The van der Waals surface area contributed by atoms with Crippen molar-refractivity contribution in [2.24, 2.45) is 11.3 Å². The Labute approximate surface area is 139 Å². The Bertz CT molecular complexity index is 395. The summed E-state index contributed by atoms with van der Waals surface area (Å²) in [5.41, 5.74) is 0.114. The van der Waals surface area contributed by atoms with Crippen molar-refractivity contribution in [3.63, 3.8) is 0 Å². The van der Waals surface area contributed by atoms with Gasteiger partial charge in [-0.1, -0.05) is 52.3 Å². The highest BCUT2D eigenvalue weighted by Crippen LogP contribution is 2.52. The van der Waals surface area contributed by atoms with Crippen molar-refractivity contribution in [2.75, 3.05) is 0 Å². The average molecular weight is 345 g/mol. The molecule has 128 valence electrons. The molecule has 0 radical (unpaired) electrons. The Kier molecular flexibility index (Phi) is 7.51. The van der Waals surface area contributed by atoms with Crippen LogP contribution in [0.3, 0.4) is 0 Å². The van der Waals surface area contributed by atoms with E-state index >= 15 is 0 Å². The normalized spacial score (nSPS) is 22.7. The van der Waals surface area contributed by atoms with Gasteiger partial charge in [-0.05, 0) is 19.8 Å². The minimum Gasteiger partial charge on any atom is -0.478 e. The Morgan fingerprint density at radius 3 is 2.05 bits per heavy atom. The van der Waals surface area contributed by atoms with Gasteiger partial charge in [-0.25, -0.2) is 4.79 Å². The summed E-state index contributed by atoms with van der Waals surface area (Å²) in [7, 11) is -1.34. The number of hydrogen-bond acceptors (Lipinski definition) is 3. The van der Waals surface area contributed by atoms with Gasteiger partial charge in [0.2, 0.25) is 0 Å². The van der Waals surface area contributed by atoms with E-state index in [2.05, 4.69) is 26.9 Å². The fraction of sp³-hybridized carbons (Fsp3) is 0.812. The zero-order valence-corrected chi connectivity index (χ0v) is 17.6. The van der Waals surface area contributed by atoms with Crippen LogP contribution in [0.5, 0.6) is 0 Å². The van der Waals surface area contributed by atoms with E-state index < -0.39 is 31.3 Å². The zero-order chi connectivity index (χ0) is 16.8. The number of hydrogen-bond donors (Lipinski definition) is 1. The Morgan fingerprint density at radius 1 is 1.18 bits per heavy atom. The third-order valence-corrected chi connectivity index (χ3v) is 6.18. The third-order valence-electron chi connectivity index (χ3n) is 4.75. The second-order valence-corrected chi connectivity index (χ2v) is 8.27. The average Bonchev–Trinajstić information content (AvgIpc) is 2.47. The van der Waals surface area contributed by atoms with E-state index in [4.69, 9.17) is 8.85 Å². The molecule has 0 aliphatic heterocycles. The highest BCUT2D eigenvalue weighted by Gasteiger charge is 2.53. The molecule has 0 unspecified atom stereocenters.